The molecule has 2 rings (SSSR count). The maximum atomic E-state index is 12.4. The molecular formula is C21H26N2O5. The quantitative estimate of drug-likeness (QED) is 0.691. The van der Waals surface area contributed by atoms with Gasteiger partial charge in [-0.1, -0.05) is 6.07 Å². The van der Waals surface area contributed by atoms with Gasteiger partial charge < -0.3 is 24.8 Å². The van der Waals surface area contributed by atoms with Gasteiger partial charge >= 0.3 is 0 Å². The maximum absolute atomic E-state index is 12.4. The lowest BCUT2D eigenvalue weighted by Crippen LogP contribution is -2.33. The zero-order chi connectivity index (χ0) is 20.5. The zero-order valence-electron chi connectivity index (χ0n) is 16.6. The predicted octanol–water partition coefficient (Wildman–Crippen LogP) is 3.17. The lowest BCUT2D eigenvalue weighted by molar-refractivity contribution is -0.115. The second kappa shape index (κ2) is 10.2. The van der Waals surface area contributed by atoms with Crippen molar-refractivity contribution in [3.63, 3.8) is 0 Å². The highest BCUT2D eigenvalue weighted by Crippen LogP contribution is 2.28. The first-order valence-electron chi connectivity index (χ1n) is 9.10. The lowest BCUT2D eigenvalue weighted by atomic mass is 10.2. The number of benzene rings is 2. The molecule has 7 heteroatoms. The number of carbonyl (C=O) groups excluding carboxylic acids is 2. The van der Waals surface area contributed by atoms with Crippen molar-refractivity contribution in [1.82, 2.24) is 5.32 Å². The number of methoxy groups -OCH3 is 1. The Bertz CT molecular complexity index is 836. The van der Waals surface area contributed by atoms with Crippen molar-refractivity contribution in [3.8, 4) is 17.2 Å². The van der Waals surface area contributed by atoms with Crippen LogP contribution < -0.4 is 24.8 Å². The van der Waals surface area contributed by atoms with Crippen LogP contribution in [0.1, 0.15) is 29.8 Å². The monoisotopic (exact) mass is 386 g/mol. The van der Waals surface area contributed by atoms with E-state index in [1.165, 1.54) is 7.11 Å². The fourth-order valence-electron chi connectivity index (χ4n) is 2.57. The Hall–Kier alpha value is -3.22. The molecule has 0 bridgehead atoms. The number of hydrogen-bond acceptors (Lipinski definition) is 5. The Labute approximate surface area is 165 Å². The molecule has 150 valence electrons. The molecule has 2 N–H and O–H groups in total. The molecular weight excluding hydrogens is 360 g/mol. The average molecular weight is 386 g/mol. The van der Waals surface area contributed by atoms with Crippen molar-refractivity contribution >= 4 is 17.5 Å². The summed E-state index contributed by atoms with van der Waals surface area (Å²) in [5.41, 5.74) is 1.92. The molecule has 0 aliphatic rings. The first-order valence-corrected chi connectivity index (χ1v) is 9.10. The van der Waals surface area contributed by atoms with Crippen LogP contribution in [0.2, 0.25) is 0 Å². The van der Waals surface area contributed by atoms with E-state index < -0.39 is 0 Å². The Balaban J connectivity index is 2.00. The molecule has 7 nitrogen and oxygen atoms in total. The summed E-state index contributed by atoms with van der Waals surface area (Å²) < 4.78 is 16.2. The highest BCUT2D eigenvalue weighted by Gasteiger charge is 2.13. The molecule has 0 aliphatic heterocycles. The van der Waals surface area contributed by atoms with E-state index in [9.17, 15) is 9.59 Å². The molecule has 0 radical (unpaired) electrons. The van der Waals surface area contributed by atoms with Crippen LogP contribution in [0, 0.1) is 6.92 Å². The first-order chi connectivity index (χ1) is 13.5. The van der Waals surface area contributed by atoms with Crippen molar-refractivity contribution in [2.75, 3.05) is 32.2 Å². The number of carbonyl (C=O) groups is 2. The summed E-state index contributed by atoms with van der Waals surface area (Å²) >= 11 is 0. The van der Waals surface area contributed by atoms with E-state index in [0.717, 1.165) is 5.56 Å². The Morgan fingerprint density at radius 1 is 0.929 bits per heavy atom. The van der Waals surface area contributed by atoms with Crippen LogP contribution in [0.5, 0.6) is 17.2 Å². The number of anilines is 1. The summed E-state index contributed by atoms with van der Waals surface area (Å²) in [6.45, 7) is 6.41. The minimum Gasteiger partial charge on any atom is -0.495 e. The predicted molar refractivity (Wildman–Crippen MR) is 107 cm³/mol. The second-order valence-electron chi connectivity index (χ2n) is 5.96. The first kappa shape index (κ1) is 21.1. The van der Waals surface area contributed by atoms with Crippen LogP contribution in [-0.4, -0.2) is 38.7 Å². The van der Waals surface area contributed by atoms with Gasteiger partial charge in [-0.15, -0.1) is 0 Å². The SMILES string of the molecule is CCOc1ccc(C(=O)NCC(=O)Nc2cc(C)ccc2OC)cc1OCC. The molecule has 0 spiro atoms. The van der Waals surface area contributed by atoms with Gasteiger partial charge in [-0.05, 0) is 56.7 Å². The number of amides is 2. The van der Waals surface area contributed by atoms with E-state index in [0.29, 0.717) is 41.7 Å². The Morgan fingerprint density at radius 3 is 2.29 bits per heavy atom. The summed E-state index contributed by atoms with van der Waals surface area (Å²) in [7, 11) is 1.53. The normalized spacial score (nSPS) is 10.1. The van der Waals surface area contributed by atoms with Crippen LogP contribution in [0.15, 0.2) is 36.4 Å². The van der Waals surface area contributed by atoms with Crippen LogP contribution in [-0.2, 0) is 4.79 Å². The molecule has 0 heterocycles. The number of aryl methyl sites for hydroxylation is 1. The summed E-state index contributed by atoms with van der Waals surface area (Å²) in [6, 6.07) is 10.4. The molecule has 0 atom stereocenters. The molecule has 2 aromatic carbocycles. The molecule has 28 heavy (non-hydrogen) atoms. The van der Waals surface area contributed by atoms with Gasteiger partial charge in [0.05, 0.1) is 32.6 Å². The average Bonchev–Trinajstić information content (AvgIpc) is 2.68. The molecule has 0 unspecified atom stereocenters. The summed E-state index contributed by atoms with van der Waals surface area (Å²) in [4.78, 5) is 24.6. The fraction of sp³-hybridized carbons (Fsp3) is 0.333. The van der Waals surface area contributed by atoms with Crippen molar-refractivity contribution in [2.45, 2.75) is 20.8 Å². The van der Waals surface area contributed by atoms with E-state index in [4.69, 9.17) is 14.2 Å². The van der Waals surface area contributed by atoms with Crippen molar-refractivity contribution in [1.29, 1.82) is 0 Å². The van der Waals surface area contributed by atoms with E-state index >= 15 is 0 Å². The van der Waals surface area contributed by atoms with Crippen molar-refractivity contribution in [2.24, 2.45) is 0 Å². The van der Waals surface area contributed by atoms with Gasteiger partial charge in [0.15, 0.2) is 11.5 Å². The van der Waals surface area contributed by atoms with Crippen LogP contribution in [0.4, 0.5) is 5.69 Å². The summed E-state index contributed by atoms with van der Waals surface area (Å²) in [6.07, 6.45) is 0. The van der Waals surface area contributed by atoms with E-state index in [1.54, 1.807) is 30.3 Å². The largest absolute Gasteiger partial charge is 0.495 e. The smallest absolute Gasteiger partial charge is 0.251 e. The Kier molecular flexibility index (Phi) is 7.68. The van der Waals surface area contributed by atoms with Crippen LogP contribution >= 0.6 is 0 Å². The third kappa shape index (κ3) is 5.64. The number of rotatable bonds is 9. The Morgan fingerprint density at radius 2 is 1.61 bits per heavy atom. The topological polar surface area (TPSA) is 85.9 Å². The molecule has 2 aromatic rings. The summed E-state index contributed by atoms with van der Waals surface area (Å²) in [5.74, 6) is 0.887. The minimum atomic E-state index is -0.379. The van der Waals surface area contributed by atoms with Crippen LogP contribution in [0.3, 0.4) is 0 Å². The van der Waals surface area contributed by atoms with Gasteiger partial charge in [-0.3, -0.25) is 9.59 Å². The lowest BCUT2D eigenvalue weighted by Gasteiger charge is -2.13. The number of nitrogens with one attached hydrogen (secondary N) is 2. The summed E-state index contributed by atoms with van der Waals surface area (Å²) in [5, 5.41) is 5.35. The van der Waals surface area contributed by atoms with Gasteiger partial charge in [0.1, 0.15) is 5.75 Å². The van der Waals surface area contributed by atoms with Gasteiger partial charge in [0, 0.05) is 5.56 Å². The fourth-order valence-corrected chi connectivity index (χ4v) is 2.57. The van der Waals surface area contributed by atoms with Crippen molar-refractivity contribution in [3.05, 3.63) is 47.5 Å². The molecule has 0 saturated heterocycles. The third-order valence-electron chi connectivity index (χ3n) is 3.84. The third-order valence-corrected chi connectivity index (χ3v) is 3.84. The molecule has 0 fully saturated rings. The molecule has 0 saturated carbocycles. The molecule has 2 amide bonds. The van der Waals surface area contributed by atoms with Gasteiger partial charge in [-0.25, -0.2) is 0 Å². The van der Waals surface area contributed by atoms with Crippen LogP contribution in [0.25, 0.3) is 0 Å². The maximum Gasteiger partial charge on any atom is 0.251 e. The second-order valence-corrected chi connectivity index (χ2v) is 5.96. The van der Waals surface area contributed by atoms with Crippen molar-refractivity contribution < 1.29 is 23.8 Å². The number of ether oxygens (including phenoxy) is 3. The standard InChI is InChI=1S/C21H26N2O5/c1-5-27-18-10-8-15(12-19(18)28-6-2)21(25)22-13-20(24)23-16-11-14(3)7-9-17(16)26-4/h7-12H,5-6,13H2,1-4H3,(H,22,25)(H,23,24). The minimum absolute atomic E-state index is 0.174. The van der Waals surface area contributed by atoms with E-state index in [1.807, 2.05) is 26.8 Å². The van der Waals surface area contributed by atoms with Gasteiger partial charge in [-0.2, -0.15) is 0 Å². The molecule has 0 aliphatic carbocycles. The highest BCUT2D eigenvalue weighted by atomic mass is 16.5. The highest BCUT2D eigenvalue weighted by molar-refractivity contribution is 6.00. The van der Waals surface area contributed by atoms with Gasteiger partial charge in [0.25, 0.3) is 5.91 Å². The number of hydrogen-bond donors (Lipinski definition) is 2. The van der Waals surface area contributed by atoms with E-state index in [2.05, 4.69) is 10.6 Å². The molecule has 0 aromatic heterocycles. The zero-order valence-corrected chi connectivity index (χ0v) is 16.6. The van der Waals surface area contributed by atoms with E-state index in [-0.39, 0.29) is 18.4 Å². The van der Waals surface area contributed by atoms with Gasteiger partial charge in [0.2, 0.25) is 5.91 Å².